The minimum absolute atomic E-state index is 0.567. The average molecular weight is 357 g/mol. The zero-order valence-corrected chi connectivity index (χ0v) is 15.1. The summed E-state index contributed by atoms with van der Waals surface area (Å²) in [6, 6.07) is 14.3. The van der Waals surface area contributed by atoms with Crippen molar-refractivity contribution in [3.63, 3.8) is 0 Å². The number of amidine groups is 1. The molecule has 2 aliphatic heterocycles. The number of benzene rings is 2. The third-order valence-electron chi connectivity index (χ3n) is 4.56. The molecule has 2 aromatic carbocycles. The first-order valence-corrected chi connectivity index (χ1v) is 9.25. The summed E-state index contributed by atoms with van der Waals surface area (Å²) in [5, 5.41) is 0.740. The second kappa shape index (κ2) is 6.10. The van der Waals surface area contributed by atoms with Crippen molar-refractivity contribution < 1.29 is 4.48 Å². The fraction of sp³-hybridized carbons (Fsp3) is 0.263. The number of aliphatic imine (C=N–C) groups is 1. The molecular formula is C19H19ClN3S+. The number of hydrogen-bond acceptors (Lipinski definition) is 3. The zero-order chi connectivity index (χ0) is 16.7. The van der Waals surface area contributed by atoms with Crippen LogP contribution >= 0.6 is 23.4 Å². The van der Waals surface area contributed by atoms with Crippen molar-refractivity contribution >= 4 is 34.9 Å². The summed E-state index contributed by atoms with van der Waals surface area (Å²) < 4.78 is 0.567. The van der Waals surface area contributed by atoms with Crippen LogP contribution in [0.25, 0.3) is 0 Å². The Morgan fingerprint density at radius 1 is 1.12 bits per heavy atom. The highest BCUT2D eigenvalue weighted by Crippen LogP contribution is 2.41. The van der Waals surface area contributed by atoms with Crippen molar-refractivity contribution in [3.8, 4) is 0 Å². The zero-order valence-electron chi connectivity index (χ0n) is 13.6. The lowest BCUT2D eigenvalue weighted by atomic mass is 10.1. The van der Waals surface area contributed by atoms with E-state index in [2.05, 4.69) is 36.2 Å². The number of halogens is 1. The molecule has 0 atom stereocenters. The first-order chi connectivity index (χ1) is 11.5. The summed E-state index contributed by atoms with van der Waals surface area (Å²) in [5.74, 6) is 1.00. The van der Waals surface area contributed by atoms with Crippen LogP contribution in [0.4, 0.5) is 5.69 Å². The molecule has 0 aliphatic carbocycles. The Bertz CT molecular complexity index is 806. The van der Waals surface area contributed by atoms with Gasteiger partial charge in [-0.1, -0.05) is 35.5 Å². The number of piperazine rings is 1. The van der Waals surface area contributed by atoms with Gasteiger partial charge >= 0.3 is 0 Å². The van der Waals surface area contributed by atoms with Gasteiger partial charge < -0.3 is 9.38 Å². The predicted molar refractivity (Wildman–Crippen MR) is 100 cm³/mol. The van der Waals surface area contributed by atoms with E-state index in [1.165, 1.54) is 9.79 Å². The molecule has 1 fully saturated rings. The van der Waals surface area contributed by atoms with Crippen molar-refractivity contribution in [2.24, 2.45) is 4.99 Å². The van der Waals surface area contributed by atoms with Gasteiger partial charge in [-0.3, -0.25) is 0 Å². The number of fused-ring (bicyclic) bond motifs is 2. The maximum Gasteiger partial charge on any atom is 0.206 e. The molecule has 122 valence electrons. The van der Waals surface area contributed by atoms with E-state index in [0.29, 0.717) is 4.48 Å². The molecule has 0 amide bonds. The van der Waals surface area contributed by atoms with Gasteiger partial charge in [-0.2, -0.15) is 0 Å². The molecule has 0 spiro atoms. The second-order valence-electron chi connectivity index (χ2n) is 6.56. The summed E-state index contributed by atoms with van der Waals surface area (Å²) in [5.41, 5.74) is 2.12. The van der Waals surface area contributed by atoms with Crippen LogP contribution < -0.4 is 0 Å². The Labute approximate surface area is 152 Å². The number of rotatable bonds is 0. The van der Waals surface area contributed by atoms with E-state index in [1.54, 1.807) is 11.8 Å². The molecular weight excluding hydrogens is 338 g/mol. The number of para-hydroxylation sites is 1. The molecule has 5 heteroatoms. The average Bonchev–Trinajstić information content (AvgIpc) is 2.71. The molecule has 2 aromatic rings. The fourth-order valence-corrected chi connectivity index (χ4v) is 4.24. The highest BCUT2D eigenvalue weighted by molar-refractivity contribution is 7.99. The molecule has 0 saturated carbocycles. The lowest BCUT2D eigenvalue weighted by Gasteiger charge is -2.39. The fourth-order valence-electron chi connectivity index (χ4n) is 3.07. The van der Waals surface area contributed by atoms with Gasteiger partial charge in [0.05, 0.1) is 38.9 Å². The van der Waals surface area contributed by atoms with Gasteiger partial charge in [0.15, 0.2) is 0 Å². The largest absolute Gasteiger partial charge is 0.345 e. The molecule has 2 heterocycles. The molecule has 0 unspecified atom stereocenters. The first kappa shape index (κ1) is 16.0. The Balaban J connectivity index is 1.81. The molecule has 2 radical (unpaired) electrons. The topological polar surface area (TPSA) is 15.6 Å². The maximum atomic E-state index is 6.28. The normalized spacial score (nSPS) is 19.1. The lowest BCUT2D eigenvalue weighted by molar-refractivity contribution is -0.870. The SMILES string of the molecule is [CH][N+]1(C)CCN(C2=Nc3ccccc3Sc3ccc(Cl)cc32)CC1. The van der Waals surface area contributed by atoms with Crippen LogP contribution in [0.3, 0.4) is 0 Å². The Kier molecular flexibility index (Phi) is 4.07. The number of quaternary nitrogens is 1. The minimum Gasteiger partial charge on any atom is -0.345 e. The van der Waals surface area contributed by atoms with Crippen molar-refractivity contribution in [3.05, 3.63) is 60.1 Å². The van der Waals surface area contributed by atoms with Gasteiger partial charge in [0.1, 0.15) is 5.84 Å². The third-order valence-corrected chi connectivity index (χ3v) is 5.93. The molecule has 4 rings (SSSR count). The van der Waals surface area contributed by atoms with Crippen LogP contribution in [0.1, 0.15) is 5.56 Å². The molecule has 0 aromatic heterocycles. The summed E-state index contributed by atoms with van der Waals surface area (Å²) in [6.07, 6.45) is 0. The summed E-state index contributed by atoms with van der Waals surface area (Å²) in [7, 11) is 8.31. The second-order valence-corrected chi connectivity index (χ2v) is 8.08. The van der Waals surface area contributed by atoms with Crippen LogP contribution in [0.15, 0.2) is 57.2 Å². The van der Waals surface area contributed by atoms with E-state index in [9.17, 15) is 0 Å². The van der Waals surface area contributed by atoms with Gasteiger partial charge in [0, 0.05) is 20.4 Å². The van der Waals surface area contributed by atoms with Gasteiger partial charge in [-0.05, 0) is 30.3 Å². The van der Waals surface area contributed by atoms with E-state index >= 15 is 0 Å². The van der Waals surface area contributed by atoms with Crippen molar-refractivity contribution in [2.75, 3.05) is 33.2 Å². The highest BCUT2D eigenvalue weighted by Gasteiger charge is 2.30. The molecule has 24 heavy (non-hydrogen) atoms. The predicted octanol–water partition coefficient (Wildman–Crippen LogP) is 4.31. The standard InChI is InChI=1S/C19H19ClN3S/c1-23(2)11-9-22(10-12-23)19-15-13-14(20)7-8-17(15)24-18-6-4-3-5-16(18)21-19/h1,3-8,13H,9-12H2,2H3/q+1. The van der Waals surface area contributed by atoms with Gasteiger partial charge in [0.25, 0.3) is 0 Å². The van der Waals surface area contributed by atoms with Crippen LogP contribution in [0.5, 0.6) is 0 Å². The lowest BCUT2D eigenvalue weighted by Crippen LogP contribution is -2.55. The van der Waals surface area contributed by atoms with E-state index in [0.717, 1.165) is 48.3 Å². The van der Waals surface area contributed by atoms with Crippen molar-refractivity contribution in [1.29, 1.82) is 0 Å². The van der Waals surface area contributed by atoms with Crippen molar-refractivity contribution in [1.82, 2.24) is 4.90 Å². The van der Waals surface area contributed by atoms with Gasteiger partial charge in [0.2, 0.25) is 7.05 Å². The quantitative estimate of drug-likeness (QED) is 0.653. The van der Waals surface area contributed by atoms with E-state index in [4.69, 9.17) is 23.6 Å². The summed E-state index contributed by atoms with van der Waals surface area (Å²) in [4.78, 5) is 9.71. The highest BCUT2D eigenvalue weighted by atomic mass is 35.5. The molecule has 0 bridgehead atoms. The third kappa shape index (κ3) is 3.06. The summed E-state index contributed by atoms with van der Waals surface area (Å²) >= 11 is 8.04. The maximum absolute atomic E-state index is 6.28. The monoisotopic (exact) mass is 356 g/mol. The van der Waals surface area contributed by atoms with Crippen LogP contribution in [-0.4, -0.2) is 48.4 Å². The Morgan fingerprint density at radius 3 is 2.67 bits per heavy atom. The molecule has 0 N–H and O–H groups in total. The van der Waals surface area contributed by atoms with Crippen molar-refractivity contribution in [2.45, 2.75) is 9.79 Å². The molecule has 3 nitrogen and oxygen atoms in total. The number of hydrogen-bond donors (Lipinski definition) is 0. The summed E-state index contributed by atoms with van der Waals surface area (Å²) in [6.45, 7) is 3.60. The number of likely N-dealkylation sites (N-methyl/N-ethyl adjacent to an activating group) is 1. The smallest absolute Gasteiger partial charge is 0.206 e. The van der Waals surface area contributed by atoms with Crippen LogP contribution in [0.2, 0.25) is 5.02 Å². The van der Waals surface area contributed by atoms with Crippen LogP contribution in [0, 0.1) is 7.05 Å². The molecule has 1 saturated heterocycles. The van der Waals surface area contributed by atoms with Crippen LogP contribution in [-0.2, 0) is 0 Å². The Hall–Kier alpha value is -1.49. The Morgan fingerprint density at radius 2 is 1.88 bits per heavy atom. The van der Waals surface area contributed by atoms with Gasteiger partial charge in [-0.25, -0.2) is 4.99 Å². The van der Waals surface area contributed by atoms with Gasteiger partial charge in [-0.15, -0.1) is 0 Å². The van der Waals surface area contributed by atoms with E-state index in [-0.39, 0.29) is 0 Å². The minimum atomic E-state index is 0.567. The number of nitrogens with zero attached hydrogens (tertiary/aromatic N) is 3. The van der Waals surface area contributed by atoms with E-state index in [1.807, 2.05) is 18.2 Å². The molecule has 2 aliphatic rings. The first-order valence-electron chi connectivity index (χ1n) is 8.05. The van der Waals surface area contributed by atoms with E-state index < -0.39 is 0 Å².